The number of nitriles is 1. The lowest BCUT2D eigenvalue weighted by molar-refractivity contribution is 0.0668. The van der Waals surface area contributed by atoms with E-state index in [1.54, 1.807) is 60.4 Å². The average Bonchev–Trinajstić information content (AvgIpc) is 2.83. The molecule has 0 fully saturated rings. The van der Waals surface area contributed by atoms with E-state index in [2.05, 4.69) is 9.97 Å². The van der Waals surface area contributed by atoms with E-state index >= 15 is 0 Å². The number of hydrogen-bond donors (Lipinski definition) is 1. The molecule has 33 heavy (non-hydrogen) atoms. The maximum Gasteiger partial charge on any atom is 0.254 e. The Hall–Kier alpha value is -4.31. The molecular weight excluding hydrogens is 417 g/mol. The Kier molecular flexibility index (Phi) is 6.01. The van der Waals surface area contributed by atoms with Gasteiger partial charge in [0.25, 0.3) is 5.91 Å². The van der Waals surface area contributed by atoms with E-state index in [4.69, 9.17) is 11.0 Å². The molecule has 0 bridgehead atoms. The summed E-state index contributed by atoms with van der Waals surface area (Å²) in [5.74, 6) is -0.207. The Morgan fingerprint density at radius 2 is 1.97 bits per heavy atom. The van der Waals surface area contributed by atoms with Gasteiger partial charge in [0.15, 0.2) is 0 Å². The first-order valence-corrected chi connectivity index (χ1v) is 10.4. The van der Waals surface area contributed by atoms with Crippen LogP contribution in [0.3, 0.4) is 0 Å². The van der Waals surface area contributed by atoms with Gasteiger partial charge in [0.2, 0.25) is 0 Å². The van der Waals surface area contributed by atoms with Crippen molar-refractivity contribution >= 4 is 22.6 Å². The molecule has 164 valence electrons. The maximum absolute atomic E-state index is 14.6. The number of carbonyl (C=O) groups is 1. The minimum absolute atomic E-state index is 0.150. The first-order valence-electron chi connectivity index (χ1n) is 10.4. The molecule has 0 radical (unpaired) electrons. The van der Waals surface area contributed by atoms with Crippen molar-refractivity contribution in [1.82, 2.24) is 14.9 Å². The number of aromatic nitrogens is 2. The van der Waals surface area contributed by atoms with Gasteiger partial charge < -0.3 is 10.6 Å². The van der Waals surface area contributed by atoms with E-state index in [-0.39, 0.29) is 18.3 Å². The van der Waals surface area contributed by atoms with Crippen LogP contribution in [0.2, 0.25) is 0 Å². The highest BCUT2D eigenvalue weighted by atomic mass is 19.1. The van der Waals surface area contributed by atoms with Gasteiger partial charge in [-0.3, -0.25) is 9.78 Å². The third-order valence-corrected chi connectivity index (χ3v) is 5.66. The molecule has 2 heterocycles. The van der Waals surface area contributed by atoms with Crippen LogP contribution in [0.4, 0.5) is 10.2 Å². The van der Waals surface area contributed by atoms with E-state index in [1.807, 2.05) is 19.1 Å². The second-order valence-corrected chi connectivity index (χ2v) is 7.88. The summed E-state index contributed by atoms with van der Waals surface area (Å²) in [4.78, 5) is 23.9. The summed E-state index contributed by atoms with van der Waals surface area (Å²) < 4.78 is 14.6. The number of pyridine rings is 2. The van der Waals surface area contributed by atoms with Crippen LogP contribution in [-0.4, -0.2) is 20.8 Å². The smallest absolute Gasteiger partial charge is 0.254 e. The number of carbonyl (C=O) groups excluding carboxylic acids is 1. The van der Waals surface area contributed by atoms with Crippen LogP contribution >= 0.6 is 0 Å². The van der Waals surface area contributed by atoms with Crippen molar-refractivity contribution in [3.05, 3.63) is 101 Å². The normalized spacial score (nSPS) is 11.7. The van der Waals surface area contributed by atoms with Gasteiger partial charge in [-0.25, -0.2) is 9.37 Å². The van der Waals surface area contributed by atoms with Gasteiger partial charge >= 0.3 is 0 Å². The molecule has 0 spiro atoms. The van der Waals surface area contributed by atoms with Crippen molar-refractivity contribution in [2.24, 2.45) is 0 Å². The lowest BCUT2D eigenvalue weighted by atomic mass is 10.0. The zero-order chi connectivity index (χ0) is 23.5. The number of nitrogens with two attached hydrogens (primary N) is 1. The summed E-state index contributed by atoms with van der Waals surface area (Å²) in [6.45, 7) is 3.80. The highest BCUT2D eigenvalue weighted by Gasteiger charge is 2.25. The van der Waals surface area contributed by atoms with Crippen molar-refractivity contribution in [3.8, 4) is 6.07 Å². The summed E-state index contributed by atoms with van der Waals surface area (Å²) in [6, 6.07) is 18.3. The fraction of sp³-hybridized carbons (Fsp3) is 0.154. The zero-order valence-electron chi connectivity index (χ0n) is 18.3. The lowest BCUT2D eigenvalue weighted by Crippen LogP contribution is -2.34. The van der Waals surface area contributed by atoms with Crippen molar-refractivity contribution < 1.29 is 9.18 Å². The Morgan fingerprint density at radius 3 is 2.67 bits per heavy atom. The molecule has 0 saturated heterocycles. The number of aryl methyl sites for hydroxylation is 1. The van der Waals surface area contributed by atoms with E-state index in [9.17, 15) is 9.18 Å². The summed E-state index contributed by atoms with van der Waals surface area (Å²) in [5.41, 5.74) is 9.30. The van der Waals surface area contributed by atoms with Gasteiger partial charge in [-0.2, -0.15) is 5.26 Å². The second-order valence-electron chi connectivity index (χ2n) is 7.88. The minimum Gasteiger partial charge on any atom is -0.383 e. The number of anilines is 1. The van der Waals surface area contributed by atoms with Gasteiger partial charge in [0.1, 0.15) is 17.7 Å². The van der Waals surface area contributed by atoms with E-state index in [0.29, 0.717) is 33.7 Å². The number of nitrogen functional groups attached to an aromatic ring is 1. The summed E-state index contributed by atoms with van der Waals surface area (Å²) in [7, 11) is 0. The van der Waals surface area contributed by atoms with Crippen molar-refractivity contribution in [3.63, 3.8) is 0 Å². The molecule has 4 rings (SSSR count). The highest BCUT2D eigenvalue weighted by Crippen LogP contribution is 2.28. The van der Waals surface area contributed by atoms with Gasteiger partial charge in [-0.05, 0) is 61.9 Å². The van der Waals surface area contributed by atoms with Crippen LogP contribution in [-0.2, 0) is 6.54 Å². The van der Waals surface area contributed by atoms with E-state index < -0.39 is 6.04 Å². The number of rotatable bonds is 5. The topological polar surface area (TPSA) is 95.9 Å². The second kappa shape index (κ2) is 9.05. The molecule has 1 amide bonds. The van der Waals surface area contributed by atoms with Crippen LogP contribution in [0.1, 0.15) is 45.7 Å². The number of benzene rings is 2. The standard InChI is InChI=1S/C26H22FN5O/c1-16-11-20-12-19(8-10-24(20)31-25(16)29)26(33)32(15-21-9-7-18(13-28)14-30-21)17(2)22-5-3-4-6-23(22)27/h3-12,14,17H,15H2,1-2H3,(H2,29,31)/t17-/m1/s1. The molecule has 0 aliphatic rings. The zero-order valence-corrected chi connectivity index (χ0v) is 18.3. The molecule has 0 aliphatic carbocycles. The average molecular weight is 439 g/mol. The Balaban J connectivity index is 1.75. The number of hydrogen-bond acceptors (Lipinski definition) is 5. The number of halogens is 1. The molecule has 1 atom stereocenters. The largest absolute Gasteiger partial charge is 0.383 e. The molecule has 7 heteroatoms. The monoisotopic (exact) mass is 439 g/mol. The van der Waals surface area contributed by atoms with Gasteiger partial charge in [-0.15, -0.1) is 0 Å². The first kappa shape index (κ1) is 21.9. The quantitative estimate of drug-likeness (QED) is 0.475. The van der Waals surface area contributed by atoms with Crippen LogP contribution in [0.25, 0.3) is 10.9 Å². The summed E-state index contributed by atoms with van der Waals surface area (Å²) in [6.07, 6.45) is 1.46. The first-order chi connectivity index (χ1) is 15.9. The molecule has 4 aromatic rings. The Morgan fingerprint density at radius 1 is 1.18 bits per heavy atom. The number of nitrogens with zero attached hydrogens (tertiary/aromatic N) is 4. The molecule has 0 unspecified atom stereocenters. The molecule has 6 nitrogen and oxygen atoms in total. The Labute approximate surface area is 191 Å². The highest BCUT2D eigenvalue weighted by molar-refractivity contribution is 5.98. The molecule has 0 aliphatic heterocycles. The van der Waals surface area contributed by atoms with E-state index in [1.165, 1.54) is 12.3 Å². The van der Waals surface area contributed by atoms with Crippen LogP contribution < -0.4 is 5.73 Å². The van der Waals surface area contributed by atoms with Gasteiger partial charge in [-0.1, -0.05) is 18.2 Å². The molecular formula is C26H22FN5O. The summed E-state index contributed by atoms with van der Waals surface area (Å²) in [5, 5.41) is 9.82. The Bertz CT molecular complexity index is 1380. The molecule has 2 aromatic carbocycles. The predicted octanol–water partition coefficient (Wildman–Crippen LogP) is 4.93. The van der Waals surface area contributed by atoms with Gasteiger partial charge in [0.05, 0.1) is 29.4 Å². The van der Waals surface area contributed by atoms with E-state index in [0.717, 1.165) is 10.9 Å². The SMILES string of the molecule is Cc1cc2cc(C(=O)N(Cc3ccc(C#N)cn3)[C@H](C)c3ccccc3F)ccc2nc1N. The molecule has 0 saturated carbocycles. The molecule has 2 N–H and O–H groups in total. The lowest BCUT2D eigenvalue weighted by Gasteiger charge is -2.30. The van der Waals surface area contributed by atoms with Gasteiger partial charge in [0, 0.05) is 22.7 Å². The van der Waals surface area contributed by atoms with Crippen molar-refractivity contribution in [2.75, 3.05) is 5.73 Å². The summed E-state index contributed by atoms with van der Waals surface area (Å²) >= 11 is 0. The third kappa shape index (κ3) is 4.51. The van der Waals surface area contributed by atoms with Crippen LogP contribution in [0.5, 0.6) is 0 Å². The fourth-order valence-electron chi connectivity index (χ4n) is 3.72. The number of fused-ring (bicyclic) bond motifs is 1. The van der Waals surface area contributed by atoms with Crippen molar-refractivity contribution in [2.45, 2.75) is 26.4 Å². The van der Waals surface area contributed by atoms with Crippen LogP contribution in [0, 0.1) is 24.1 Å². The number of amides is 1. The third-order valence-electron chi connectivity index (χ3n) is 5.66. The minimum atomic E-state index is -0.557. The maximum atomic E-state index is 14.6. The molecule has 2 aromatic heterocycles. The van der Waals surface area contributed by atoms with Crippen molar-refractivity contribution in [1.29, 1.82) is 5.26 Å². The van der Waals surface area contributed by atoms with Crippen LogP contribution in [0.15, 0.2) is 66.9 Å². The fourth-order valence-corrected chi connectivity index (χ4v) is 3.72. The predicted molar refractivity (Wildman–Crippen MR) is 125 cm³/mol.